The van der Waals surface area contributed by atoms with E-state index in [1.165, 1.54) is 55.1 Å². The molecular weight excluding hydrogens is 601 g/mol. The number of nitrogens with zero attached hydrogens (tertiary/aromatic N) is 1. The Morgan fingerprint density at radius 1 is 0.667 bits per heavy atom. The van der Waals surface area contributed by atoms with E-state index in [0.717, 1.165) is 28.2 Å². The van der Waals surface area contributed by atoms with Crippen molar-refractivity contribution in [2.45, 2.75) is 38.0 Å². The van der Waals surface area contributed by atoms with Crippen molar-refractivity contribution in [3.8, 4) is 22.6 Å². The topological polar surface area (TPSA) is 12.5 Å². The second kappa shape index (κ2) is 11.9. The molecule has 0 N–H and O–H groups in total. The highest BCUT2D eigenvalue weighted by atomic mass is 32.2. The quantitative estimate of drug-likeness (QED) is 0.133. The van der Waals surface area contributed by atoms with Crippen LogP contribution in [0.3, 0.4) is 0 Å². The summed E-state index contributed by atoms with van der Waals surface area (Å²) in [5.74, 6) is 1.74. The molecule has 8 rings (SSSR count). The Kier molecular flexibility index (Phi) is 7.57. The predicted molar refractivity (Wildman–Crippen MR) is 206 cm³/mol. The Balaban J connectivity index is 1.32. The zero-order chi connectivity index (χ0) is 33.0. The molecule has 0 bridgehead atoms. The molecule has 1 heterocycles. The number of thioether (sulfide) groups is 1. The number of para-hydroxylation sites is 2. The second-order valence-electron chi connectivity index (χ2n) is 13.4. The van der Waals surface area contributed by atoms with Crippen LogP contribution >= 0.6 is 11.8 Å². The van der Waals surface area contributed by atoms with Crippen molar-refractivity contribution in [2.75, 3.05) is 11.2 Å². The summed E-state index contributed by atoms with van der Waals surface area (Å²) in [6.07, 6.45) is 2.20. The molecule has 0 fully saturated rings. The van der Waals surface area contributed by atoms with Gasteiger partial charge < -0.3 is 9.64 Å². The molecule has 1 aliphatic carbocycles. The first kappa shape index (κ1) is 30.4. The standard InChI is InChI=1S/C44H38BNOS/c1-29-21-27-33(28-22-29)46-38-19-12-20-39(48-5)40(38)45(43-41(46)36-16-9-10-18-37(36)44(43,3)4)32-25-23-31(24-26-32)35-17-11-13-30(2)42(35)47-34-14-7-6-8-15-34/h6-28H,1-5H3. The minimum Gasteiger partial charge on any atom is -0.456 e. The molecular formula is C44H38BNOS. The van der Waals surface area contributed by atoms with Crippen LogP contribution in [0.1, 0.15) is 36.1 Å². The van der Waals surface area contributed by atoms with Crippen LogP contribution < -0.4 is 20.6 Å². The number of aryl methyl sites for hydroxylation is 2. The highest BCUT2D eigenvalue weighted by Crippen LogP contribution is 2.53. The number of fused-ring (bicyclic) bond motifs is 3. The van der Waals surface area contributed by atoms with Gasteiger partial charge in [-0.05, 0) is 78.7 Å². The number of ether oxygens (including phenoxy) is 1. The van der Waals surface area contributed by atoms with E-state index in [1.54, 1.807) is 0 Å². The summed E-state index contributed by atoms with van der Waals surface area (Å²) >= 11 is 1.84. The van der Waals surface area contributed by atoms with E-state index in [4.69, 9.17) is 4.74 Å². The largest absolute Gasteiger partial charge is 0.456 e. The van der Waals surface area contributed by atoms with Crippen molar-refractivity contribution in [3.05, 3.63) is 167 Å². The van der Waals surface area contributed by atoms with Gasteiger partial charge in [0.05, 0.1) is 0 Å². The first-order valence-corrected chi connectivity index (χ1v) is 17.9. The monoisotopic (exact) mass is 639 g/mol. The van der Waals surface area contributed by atoms with Gasteiger partial charge in [-0.15, -0.1) is 11.8 Å². The smallest absolute Gasteiger partial charge is 0.244 e. The molecule has 6 aromatic carbocycles. The lowest BCUT2D eigenvalue weighted by atomic mass is 9.31. The molecule has 2 aliphatic rings. The van der Waals surface area contributed by atoms with Gasteiger partial charge in [0.15, 0.2) is 0 Å². The number of rotatable bonds is 6. The van der Waals surface area contributed by atoms with Crippen LogP contribution in [0.4, 0.5) is 11.4 Å². The van der Waals surface area contributed by atoms with E-state index in [1.807, 2.05) is 42.1 Å². The van der Waals surface area contributed by atoms with Gasteiger partial charge in [-0.25, -0.2) is 0 Å². The predicted octanol–water partition coefficient (Wildman–Crippen LogP) is 10.5. The summed E-state index contributed by atoms with van der Waals surface area (Å²) in [5.41, 5.74) is 15.0. The number of allylic oxidation sites excluding steroid dienone is 1. The molecule has 1 aliphatic heterocycles. The van der Waals surface area contributed by atoms with Gasteiger partial charge in [-0.1, -0.05) is 133 Å². The molecule has 0 spiro atoms. The van der Waals surface area contributed by atoms with Crippen molar-refractivity contribution in [1.29, 1.82) is 0 Å². The van der Waals surface area contributed by atoms with Gasteiger partial charge in [-0.3, -0.25) is 0 Å². The van der Waals surface area contributed by atoms with E-state index in [0.29, 0.717) is 0 Å². The van der Waals surface area contributed by atoms with Gasteiger partial charge in [0, 0.05) is 38.5 Å². The Morgan fingerprint density at radius 3 is 2.10 bits per heavy atom. The Morgan fingerprint density at radius 2 is 1.35 bits per heavy atom. The summed E-state index contributed by atoms with van der Waals surface area (Å²) < 4.78 is 6.48. The molecule has 0 amide bonds. The number of benzene rings is 6. The summed E-state index contributed by atoms with van der Waals surface area (Å²) in [5, 5.41) is 0. The molecule has 0 atom stereocenters. The van der Waals surface area contributed by atoms with Crippen LogP contribution in [-0.2, 0) is 5.41 Å². The van der Waals surface area contributed by atoms with Crippen molar-refractivity contribution in [3.63, 3.8) is 0 Å². The van der Waals surface area contributed by atoms with Crippen molar-refractivity contribution in [1.82, 2.24) is 0 Å². The first-order valence-electron chi connectivity index (χ1n) is 16.7. The average molecular weight is 640 g/mol. The Labute approximate surface area is 289 Å². The highest BCUT2D eigenvalue weighted by Gasteiger charge is 2.50. The maximum absolute atomic E-state index is 6.48. The normalized spacial score (nSPS) is 14.4. The zero-order valence-electron chi connectivity index (χ0n) is 28.1. The van der Waals surface area contributed by atoms with Crippen molar-refractivity contribution in [2.24, 2.45) is 0 Å². The van der Waals surface area contributed by atoms with Crippen LogP contribution in [0.2, 0.25) is 0 Å². The summed E-state index contributed by atoms with van der Waals surface area (Å²) in [4.78, 5) is 3.84. The maximum atomic E-state index is 6.48. The molecule has 6 aromatic rings. The molecule has 4 heteroatoms. The zero-order valence-corrected chi connectivity index (χ0v) is 28.9. The van der Waals surface area contributed by atoms with Crippen molar-refractivity contribution < 1.29 is 4.74 Å². The van der Waals surface area contributed by atoms with Gasteiger partial charge in [-0.2, -0.15) is 0 Å². The minimum absolute atomic E-state index is 0.0920. The van der Waals surface area contributed by atoms with E-state index in [-0.39, 0.29) is 12.1 Å². The third kappa shape index (κ3) is 4.90. The highest BCUT2D eigenvalue weighted by molar-refractivity contribution is 7.98. The third-order valence-electron chi connectivity index (χ3n) is 10.1. The van der Waals surface area contributed by atoms with Crippen LogP contribution in [0, 0.1) is 13.8 Å². The van der Waals surface area contributed by atoms with E-state index < -0.39 is 0 Å². The van der Waals surface area contributed by atoms with Crippen LogP contribution in [0.15, 0.2) is 150 Å². The summed E-state index contributed by atoms with van der Waals surface area (Å²) in [6, 6.07) is 50.6. The van der Waals surface area contributed by atoms with E-state index in [9.17, 15) is 0 Å². The fourth-order valence-corrected chi connectivity index (χ4v) is 8.45. The number of anilines is 2. The van der Waals surface area contributed by atoms with Crippen LogP contribution in [0.5, 0.6) is 11.5 Å². The van der Waals surface area contributed by atoms with Crippen molar-refractivity contribution >= 4 is 46.5 Å². The molecule has 0 aromatic heterocycles. The Hall–Kier alpha value is -4.93. The van der Waals surface area contributed by atoms with Gasteiger partial charge in [0.2, 0.25) is 6.71 Å². The number of hydrogen-bond acceptors (Lipinski definition) is 3. The van der Waals surface area contributed by atoms with Crippen LogP contribution in [-0.4, -0.2) is 13.0 Å². The van der Waals surface area contributed by atoms with E-state index >= 15 is 0 Å². The minimum atomic E-state index is -0.172. The molecule has 0 radical (unpaired) electrons. The first-order chi connectivity index (χ1) is 23.4. The maximum Gasteiger partial charge on any atom is 0.244 e. The molecule has 2 nitrogen and oxygen atoms in total. The van der Waals surface area contributed by atoms with Gasteiger partial charge in [0.1, 0.15) is 11.5 Å². The molecule has 48 heavy (non-hydrogen) atoms. The Bertz CT molecular complexity index is 2190. The fraction of sp³-hybridized carbons (Fsp3) is 0.136. The van der Waals surface area contributed by atoms with Gasteiger partial charge in [0.25, 0.3) is 0 Å². The molecule has 0 unspecified atom stereocenters. The molecule has 0 saturated heterocycles. The third-order valence-corrected chi connectivity index (χ3v) is 10.9. The van der Waals surface area contributed by atoms with E-state index in [2.05, 4.69) is 148 Å². The second-order valence-corrected chi connectivity index (χ2v) is 14.3. The summed E-state index contributed by atoms with van der Waals surface area (Å²) in [7, 11) is 0. The lowest BCUT2D eigenvalue weighted by molar-refractivity contribution is 0.481. The lowest BCUT2D eigenvalue weighted by Crippen LogP contribution is -2.53. The fourth-order valence-electron chi connectivity index (χ4n) is 7.79. The average Bonchev–Trinajstić information content (AvgIpc) is 3.35. The number of hydrogen-bond donors (Lipinski definition) is 0. The molecule has 0 saturated carbocycles. The lowest BCUT2D eigenvalue weighted by Gasteiger charge is -2.40. The summed E-state index contributed by atoms with van der Waals surface area (Å²) in [6.45, 7) is 9.19. The van der Waals surface area contributed by atoms with Crippen LogP contribution in [0.25, 0.3) is 16.8 Å². The molecule has 234 valence electrons. The SMILES string of the molecule is CSc1cccc2c1B(c1ccc(-c3cccc(C)c3Oc3ccccc3)cc1)C1=C(c3ccccc3C1(C)C)N2c1ccc(C)cc1. The van der Waals surface area contributed by atoms with Gasteiger partial charge >= 0.3 is 0 Å².